The maximum absolute atomic E-state index is 16.0. The molecule has 0 aromatic heterocycles. The second-order valence-corrected chi connectivity index (χ2v) is 19.2. The first kappa shape index (κ1) is 44.2. The molecule has 320 valence electrons. The summed E-state index contributed by atoms with van der Waals surface area (Å²) in [6, 6.07) is 20.4. The molecule has 1 saturated carbocycles. The minimum atomic E-state index is -4.10. The summed E-state index contributed by atoms with van der Waals surface area (Å²) in [7, 11) is -4.10. The standard InChI is InChI=1S/C45H51F3N4O7S/c1-43(2,3)58-41(54)50-39(38(29-15-19-31(46)20-16-29)30-17-21-32(47)22-18-30)40(53)49-37-14-10-13-36(48)35(37)24-23-33-27-51(42(55)59-44(4,5)6)28-45(25-26-45)52(33)60(56,57)34-11-8-7-9-12-34/h7-22,33,38-39H,23-28H2,1-6H3,(H,49,53)(H,50,54). The maximum atomic E-state index is 16.0. The number of rotatable bonds is 11. The van der Waals surface area contributed by atoms with E-state index in [0.29, 0.717) is 24.0 Å². The van der Waals surface area contributed by atoms with E-state index in [9.17, 15) is 31.6 Å². The molecule has 3 amide bonds. The lowest BCUT2D eigenvalue weighted by molar-refractivity contribution is -0.118. The molecule has 60 heavy (non-hydrogen) atoms. The Bertz CT molecular complexity index is 2250. The van der Waals surface area contributed by atoms with Gasteiger partial charge in [-0.05, 0) is 127 Å². The fourth-order valence-electron chi connectivity index (χ4n) is 7.66. The van der Waals surface area contributed by atoms with Gasteiger partial charge in [-0.15, -0.1) is 0 Å². The Morgan fingerprint density at radius 3 is 1.88 bits per heavy atom. The van der Waals surface area contributed by atoms with E-state index < -0.39 is 80.3 Å². The van der Waals surface area contributed by atoms with Crippen LogP contribution in [0.2, 0.25) is 0 Å². The van der Waals surface area contributed by atoms with Crippen molar-refractivity contribution in [2.75, 3.05) is 18.4 Å². The highest BCUT2D eigenvalue weighted by Crippen LogP contribution is 2.49. The molecule has 0 bridgehead atoms. The summed E-state index contributed by atoms with van der Waals surface area (Å²) in [6.07, 6.45) is -0.553. The van der Waals surface area contributed by atoms with Crippen LogP contribution in [0.1, 0.15) is 83.4 Å². The van der Waals surface area contributed by atoms with E-state index in [-0.39, 0.29) is 42.1 Å². The number of ether oxygens (including phenoxy) is 2. The van der Waals surface area contributed by atoms with Crippen molar-refractivity contribution < 1.29 is 45.4 Å². The van der Waals surface area contributed by atoms with Crippen molar-refractivity contribution in [3.05, 3.63) is 131 Å². The number of piperazine rings is 1. The van der Waals surface area contributed by atoms with Gasteiger partial charge in [0.25, 0.3) is 0 Å². The number of halogens is 3. The first-order chi connectivity index (χ1) is 28.2. The first-order valence-electron chi connectivity index (χ1n) is 19.8. The second kappa shape index (κ2) is 17.3. The summed E-state index contributed by atoms with van der Waals surface area (Å²) < 4.78 is 85.9. The third-order valence-corrected chi connectivity index (χ3v) is 12.4. The highest BCUT2D eigenvalue weighted by atomic mass is 32.2. The number of alkyl carbamates (subject to hydrolysis) is 1. The Morgan fingerprint density at radius 1 is 0.783 bits per heavy atom. The minimum Gasteiger partial charge on any atom is -0.444 e. The van der Waals surface area contributed by atoms with Crippen molar-refractivity contribution in [2.24, 2.45) is 0 Å². The van der Waals surface area contributed by atoms with Gasteiger partial charge in [0.15, 0.2) is 0 Å². The van der Waals surface area contributed by atoms with Crippen molar-refractivity contribution in [3.63, 3.8) is 0 Å². The van der Waals surface area contributed by atoms with Crippen molar-refractivity contribution >= 4 is 33.8 Å². The molecule has 1 heterocycles. The predicted molar refractivity (Wildman–Crippen MR) is 220 cm³/mol. The Labute approximate surface area is 349 Å². The number of amides is 3. The molecule has 1 aliphatic carbocycles. The number of benzene rings is 4. The molecule has 1 spiro atoms. The van der Waals surface area contributed by atoms with Crippen LogP contribution in [0.4, 0.5) is 28.4 Å². The molecule has 15 heteroatoms. The van der Waals surface area contributed by atoms with Crippen LogP contribution in [0.3, 0.4) is 0 Å². The summed E-state index contributed by atoms with van der Waals surface area (Å²) in [5.41, 5.74) is -1.75. The number of hydrogen-bond acceptors (Lipinski definition) is 7. The predicted octanol–water partition coefficient (Wildman–Crippen LogP) is 8.54. The van der Waals surface area contributed by atoms with Gasteiger partial charge in [-0.2, -0.15) is 4.31 Å². The van der Waals surface area contributed by atoms with Crippen LogP contribution in [0.25, 0.3) is 0 Å². The number of nitrogens with zero attached hydrogens (tertiary/aromatic N) is 2. The van der Waals surface area contributed by atoms with Gasteiger partial charge in [-0.3, -0.25) is 4.79 Å². The molecule has 2 atom stereocenters. The highest BCUT2D eigenvalue weighted by Gasteiger charge is 2.60. The number of anilines is 1. The molecule has 0 radical (unpaired) electrons. The largest absolute Gasteiger partial charge is 0.444 e. The second-order valence-electron chi connectivity index (χ2n) is 17.4. The quantitative estimate of drug-likeness (QED) is 0.155. The van der Waals surface area contributed by atoms with Crippen molar-refractivity contribution in [2.45, 2.75) is 107 Å². The lowest BCUT2D eigenvalue weighted by Gasteiger charge is -2.46. The fourth-order valence-corrected chi connectivity index (χ4v) is 9.71. The van der Waals surface area contributed by atoms with Gasteiger partial charge in [0.1, 0.15) is 34.7 Å². The van der Waals surface area contributed by atoms with E-state index in [1.807, 2.05) is 0 Å². The van der Waals surface area contributed by atoms with E-state index in [1.54, 1.807) is 59.7 Å². The molecule has 1 aliphatic heterocycles. The van der Waals surface area contributed by atoms with E-state index in [0.717, 1.165) is 0 Å². The SMILES string of the molecule is CC(C)(C)OC(=O)NC(C(=O)Nc1cccc(F)c1CCC1CN(C(=O)OC(C)(C)C)CC2(CC2)N1S(=O)(=O)c1ccccc1)C(c1ccc(F)cc1)c1ccc(F)cc1. The van der Waals surface area contributed by atoms with Crippen LogP contribution < -0.4 is 10.6 Å². The van der Waals surface area contributed by atoms with Gasteiger partial charge in [0.05, 0.1) is 10.4 Å². The Balaban J connectivity index is 1.35. The molecule has 2 aliphatic rings. The van der Waals surface area contributed by atoms with Gasteiger partial charge in [-0.1, -0.05) is 48.5 Å². The van der Waals surface area contributed by atoms with Crippen LogP contribution in [0.5, 0.6) is 0 Å². The van der Waals surface area contributed by atoms with Crippen molar-refractivity contribution in [1.29, 1.82) is 0 Å². The molecule has 4 aromatic carbocycles. The fraction of sp³-hybridized carbons (Fsp3) is 0.400. The molecule has 2 unspecified atom stereocenters. The molecular formula is C45H51F3N4O7S. The third-order valence-electron chi connectivity index (χ3n) is 10.3. The van der Waals surface area contributed by atoms with Crippen LogP contribution in [-0.4, -0.2) is 77.6 Å². The van der Waals surface area contributed by atoms with Crippen LogP contribution >= 0.6 is 0 Å². The van der Waals surface area contributed by atoms with Crippen molar-refractivity contribution in [1.82, 2.24) is 14.5 Å². The van der Waals surface area contributed by atoms with E-state index >= 15 is 4.39 Å². The monoisotopic (exact) mass is 848 g/mol. The normalized spacial score (nSPS) is 17.2. The molecule has 4 aromatic rings. The topological polar surface area (TPSA) is 134 Å². The van der Waals surface area contributed by atoms with Crippen LogP contribution in [0, 0.1) is 17.5 Å². The molecule has 2 N–H and O–H groups in total. The van der Waals surface area contributed by atoms with E-state index in [4.69, 9.17) is 9.47 Å². The number of carbonyl (C=O) groups is 3. The number of carbonyl (C=O) groups excluding carboxylic acids is 3. The number of sulfonamides is 1. The zero-order valence-electron chi connectivity index (χ0n) is 34.5. The first-order valence-corrected chi connectivity index (χ1v) is 21.3. The third kappa shape index (κ3) is 10.5. The van der Waals surface area contributed by atoms with Crippen LogP contribution in [0.15, 0.2) is 102 Å². The highest BCUT2D eigenvalue weighted by molar-refractivity contribution is 7.89. The summed E-state index contributed by atoms with van der Waals surface area (Å²) in [5, 5.41) is 5.43. The van der Waals surface area contributed by atoms with Gasteiger partial charge in [-0.25, -0.2) is 31.2 Å². The number of hydrogen-bond donors (Lipinski definition) is 2. The lowest BCUT2D eigenvalue weighted by atomic mass is 9.84. The summed E-state index contributed by atoms with van der Waals surface area (Å²) in [5.74, 6) is -3.58. The Kier molecular flexibility index (Phi) is 12.7. The van der Waals surface area contributed by atoms with Gasteiger partial charge in [0.2, 0.25) is 15.9 Å². The zero-order valence-corrected chi connectivity index (χ0v) is 35.3. The smallest absolute Gasteiger partial charge is 0.410 e. The molecular weight excluding hydrogens is 798 g/mol. The molecule has 11 nitrogen and oxygen atoms in total. The van der Waals surface area contributed by atoms with Crippen LogP contribution in [-0.2, 0) is 30.7 Å². The zero-order chi connectivity index (χ0) is 43.6. The average Bonchev–Trinajstić information content (AvgIpc) is 3.92. The lowest BCUT2D eigenvalue weighted by Crippen LogP contribution is -2.63. The molecule has 1 saturated heterocycles. The van der Waals surface area contributed by atoms with E-state index in [2.05, 4.69) is 10.6 Å². The van der Waals surface area contributed by atoms with Gasteiger partial charge in [0, 0.05) is 36.3 Å². The van der Waals surface area contributed by atoms with Gasteiger partial charge < -0.3 is 25.0 Å². The molecule has 2 fully saturated rings. The van der Waals surface area contributed by atoms with Crippen molar-refractivity contribution in [3.8, 4) is 0 Å². The summed E-state index contributed by atoms with van der Waals surface area (Å²) in [6.45, 7) is 10.3. The maximum Gasteiger partial charge on any atom is 0.410 e. The molecule has 6 rings (SSSR count). The van der Waals surface area contributed by atoms with Gasteiger partial charge >= 0.3 is 12.2 Å². The Hall–Kier alpha value is -5.41. The average molecular weight is 849 g/mol. The number of nitrogens with one attached hydrogen (secondary N) is 2. The Morgan fingerprint density at radius 2 is 1.35 bits per heavy atom. The summed E-state index contributed by atoms with van der Waals surface area (Å²) >= 11 is 0. The summed E-state index contributed by atoms with van der Waals surface area (Å²) in [4.78, 5) is 43.0. The minimum absolute atomic E-state index is 0.0300. The van der Waals surface area contributed by atoms with E-state index in [1.165, 1.54) is 88.1 Å².